The molecule has 0 heterocycles. The van der Waals surface area contributed by atoms with E-state index in [9.17, 15) is 22.4 Å². The van der Waals surface area contributed by atoms with Crippen LogP contribution in [0.25, 0.3) is 0 Å². The van der Waals surface area contributed by atoms with E-state index in [1.807, 2.05) is 0 Å². The van der Waals surface area contributed by atoms with E-state index in [1.54, 1.807) is 19.2 Å². The number of amides is 1. The first-order valence-electron chi connectivity index (χ1n) is 8.89. The summed E-state index contributed by atoms with van der Waals surface area (Å²) in [5.74, 6) is -0.172. The lowest BCUT2D eigenvalue weighted by atomic mass is 10.1. The van der Waals surface area contributed by atoms with Crippen LogP contribution in [0.15, 0.2) is 53.5 Å². The molecule has 0 unspecified atom stereocenters. The van der Waals surface area contributed by atoms with Crippen molar-refractivity contribution in [1.82, 2.24) is 16.0 Å². The number of halogens is 5. The Kier molecular flexibility index (Phi) is 10.6. The monoisotopic (exact) mass is 538 g/mol. The molecule has 2 aromatic rings. The van der Waals surface area contributed by atoms with Crippen molar-refractivity contribution in [1.29, 1.82) is 0 Å². The molecule has 0 bridgehead atoms. The minimum absolute atomic E-state index is 0. The third-order valence-corrected chi connectivity index (χ3v) is 3.96. The van der Waals surface area contributed by atoms with Crippen molar-refractivity contribution >= 4 is 35.8 Å². The predicted molar refractivity (Wildman–Crippen MR) is 118 cm³/mol. The third kappa shape index (κ3) is 8.97. The Hall–Kier alpha value is -2.37. The molecule has 3 N–H and O–H groups in total. The van der Waals surface area contributed by atoms with Crippen LogP contribution >= 0.6 is 24.0 Å². The van der Waals surface area contributed by atoms with Crippen LogP contribution < -0.4 is 16.0 Å². The maximum atomic E-state index is 13.1. The Morgan fingerprint density at radius 2 is 1.63 bits per heavy atom. The van der Waals surface area contributed by atoms with Gasteiger partial charge in [0.25, 0.3) is 0 Å². The summed E-state index contributed by atoms with van der Waals surface area (Å²) in [6.45, 7) is 1.01. The van der Waals surface area contributed by atoms with E-state index < -0.39 is 11.7 Å². The number of rotatable bonds is 7. The third-order valence-electron chi connectivity index (χ3n) is 3.96. The number of hydrogen-bond donors (Lipinski definition) is 3. The first-order chi connectivity index (χ1) is 13.8. The maximum absolute atomic E-state index is 13.1. The zero-order valence-electron chi connectivity index (χ0n) is 16.2. The molecule has 0 spiro atoms. The van der Waals surface area contributed by atoms with Crippen LogP contribution in [0.1, 0.15) is 16.7 Å². The average Bonchev–Trinajstić information content (AvgIpc) is 2.67. The molecule has 1 amide bonds. The van der Waals surface area contributed by atoms with Crippen molar-refractivity contribution in [2.45, 2.75) is 19.1 Å². The number of nitrogens with zero attached hydrogens (tertiary/aromatic N) is 1. The molecule has 0 aliphatic heterocycles. The molecule has 0 aliphatic rings. The Morgan fingerprint density at radius 1 is 0.967 bits per heavy atom. The van der Waals surface area contributed by atoms with E-state index in [0.29, 0.717) is 36.7 Å². The van der Waals surface area contributed by atoms with Gasteiger partial charge < -0.3 is 16.0 Å². The van der Waals surface area contributed by atoms with E-state index >= 15 is 0 Å². The molecule has 0 radical (unpaired) electrons. The molecular formula is C20H23F4IN4O. The molecule has 10 heteroatoms. The quantitative estimate of drug-likeness (QED) is 0.166. The van der Waals surface area contributed by atoms with Crippen LogP contribution in [0.4, 0.5) is 17.6 Å². The summed E-state index contributed by atoms with van der Waals surface area (Å²) >= 11 is 0. The van der Waals surface area contributed by atoms with Crippen molar-refractivity contribution in [3.63, 3.8) is 0 Å². The minimum Gasteiger partial charge on any atom is -0.355 e. The van der Waals surface area contributed by atoms with Gasteiger partial charge in [-0.1, -0.05) is 24.3 Å². The molecule has 2 aromatic carbocycles. The fraction of sp³-hybridized carbons (Fsp3) is 0.300. The van der Waals surface area contributed by atoms with Crippen LogP contribution in [0.2, 0.25) is 0 Å². The van der Waals surface area contributed by atoms with Gasteiger partial charge in [-0.2, -0.15) is 13.2 Å². The smallest absolute Gasteiger partial charge is 0.355 e. The van der Waals surface area contributed by atoms with E-state index in [0.717, 1.165) is 12.1 Å². The highest BCUT2D eigenvalue weighted by Gasteiger charge is 2.29. The summed E-state index contributed by atoms with van der Waals surface area (Å²) in [6, 6.07) is 10.7. The fourth-order valence-corrected chi connectivity index (χ4v) is 2.50. The molecule has 164 valence electrons. The minimum atomic E-state index is -4.36. The maximum Gasteiger partial charge on any atom is 0.416 e. The molecule has 0 atom stereocenters. The number of nitrogens with one attached hydrogen (secondary N) is 3. The van der Waals surface area contributed by atoms with Crippen molar-refractivity contribution in [2.24, 2.45) is 4.99 Å². The van der Waals surface area contributed by atoms with Gasteiger partial charge in [0, 0.05) is 26.7 Å². The molecule has 5 nitrogen and oxygen atoms in total. The number of aliphatic imine (C=N–C) groups is 1. The predicted octanol–water partition coefficient (Wildman–Crippen LogP) is 3.49. The van der Waals surface area contributed by atoms with Crippen LogP contribution in [0, 0.1) is 5.82 Å². The molecular weight excluding hydrogens is 515 g/mol. The molecule has 0 saturated carbocycles. The molecule has 0 fully saturated rings. The lowest BCUT2D eigenvalue weighted by Gasteiger charge is -2.13. The summed E-state index contributed by atoms with van der Waals surface area (Å²) in [6.07, 6.45) is -4.28. The highest BCUT2D eigenvalue weighted by molar-refractivity contribution is 14.0. The Balaban J connectivity index is 0.00000450. The molecule has 30 heavy (non-hydrogen) atoms. The van der Waals surface area contributed by atoms with Crippen LogP contribution in [0.5, 0.6) is 0 Å². The normalized spacial score (nSPS) is 11.4. The van der Waals surface area contributed by atoms with Crippen LogP contribution in [-0.4, -0.2) is 32.0 Å². The Bertz CT molecular complexity index is 841. The second kappa shape index (κ2) is 12.4. The van der Waals surface area contributed by atoms with Crippen LogP contribution in [0.3, 0.4) is 0 Å². The number of guanidine groups is 1. The van der Waals surface area contributed by atoms with Gasteiger partial charge >= 0.3 is 6.18 Å². The van der Waals surface area contributed by atoms with Crippen molar-refractivity contribution in [3.05, 3.63) is 71.0 Å². The van der Waals surface area contributed by atoms with E-state index in [1.165, 1.54) is 24.3 Å². The largest absolute Gasteiger partial charge is 0.416 e. The van der Waals surface area contributed by atoms with E-state index in [-0.39, 0.29) is 42.1 Å². The fourth-order valence-electron chi connectivity index (χ4n) is 2.50. The summed E-state index contributed by atoms with van der Waals surface area (Å²) in [7, 11) is 1.56. The van der Waals surface area contributed by atoms with Gasteiger partial charge in [0.15, 0.2) is 5.96 Å². The summed E-state index contributed by atoms with van der Waals surface area (Å²) in [5.41, 5.74) is 0.562. The average molecular weight is 538 g/mol. The van der Waals surface area contributed by atoms with Gasteiger partial charge in [-0.05, 0) is 35.4 Å². The number of hydrogen-bond acceptors (Lipinski definition) is 2. The van der Waals surface area contributed by atoms with Crippen molar-refractivity contribution < 1.29 is 22.4 Å². The topological polar surface area (TPSA) is 65.5 Å². The lowest BCUT2D eigenvalue weighted by molar-refractivity contribution is -0.137. The molecule has 0 saturated heterocycles. The zero-order chi connectivity index (χ0) is 21.3. The zero-order valence-corrected chi connectivity index (χ0v) is 18.6. The van der Waals surface area contributed by atoms with E-state index in [4.69, 9.17) is 0 Å². The number of carbonyl (C=O) groups is 1. The van der Waals surface area contributed by atoms with Gasteiger partial charge in [0.2, 0.25) is 5.91 Å². The van der Waals surface area contributed by atoms with Crippen LogP contribution in [-0.2, 0) is 23.9 Å². The van der Waals surface area contributed by atoms with Gasteiger partial charge in [-0.3, -0.25) is 9.79 Å². The second-order valence-electron chi connectivity index (χ2n) is 6.20. The lowest BCUT2D eigenvalue weighted by Crippen LogP contribution is -2.41. The Morgan fingerprint density at radius 3 is 2.23 bits per heavy atom. The number of alkyl halides is 3. The molecule has 0 aromatic heterocycles. The highest BCUT2D eigenvalue weighted by atomic mass is 127. The van der Waals surface area contributed by atoms with Gasteiger partial charge in [0.05, 0.1) is 12.0 Å². The highest BCUT2D eigenvalue weighted by Crippen LogP contribution is 2.29. The standard InChI is InChI=1S/C20H22F4N4O.HI/c1-25-19(28-13-14-5-7-16(8-6-14)20(22,23)24)27-10-9-26-18(29)12-15-3-2-4-17(21)11-15;/h2-8,11H,9-10,12-13H2,1H3,(H,26,29)(H2,25,27,28);1H. The Labute approximate surface area is 189 Å². The van der Waals surface area contributed by atoms with Gasteiger partial charge in [-0.15, -0.1) is 24.0 Å². The molecule has 0 aliphatic carbocycles. The summed E-state index contributed by atoms with van der Waals surface area (Å²) in [5, 5.41) is 8.68. The SMILES string of the molecule is CN=C(NCCNC(=O)Cc1cccc(F)c1)NCc1ccc(C(F)(F)F)cc1.I. The van der Waals surface area contributed by atoms with E-state index in [2.05, 4.69) is 20.9 Å². The van der Waals surface area contributed by atoms with Crippen molar-refractivity contribution in [3.8, 4) is 0 Å². The molecule has 2 rings (SSSR count). The first-order valence-corrected chi connectivity index (χ1v) is 8.89. The first kappa shape index (κ1) is 25.7. The number of carbonyl (C=O) groups excluding carboxylic acids is 1. The van der Waals surface area contributed by atoms with Gasteiger partial charge in [-0.25, -0.2) is 4.39 Å². The number of benzene rings is 2. The van der Waals surface area contributed by atoms with Crippen molar-refractivity contribution in [2.75, 3.05) is 20.1 Å². The second-order valence-corrected chi connectivity index (χ2v) is 6.20. The summed E-state index contributed by atoms with van der Waals surface area (Å²) in [4.78, 5) is 15.9. The van der Waals surface area contributed by atoms with Gasteiger partial charge in [0.1, 0.15) is 5.82 Å². The summed E-state index contributed by atoms with van der Waals surface area (Å²) < 4.78 is 50.8.